The van der Waals surface area contributed by atoms with Crippen LogP contribution in [0.3, 0.4) is 0 Å². The monoisotopic (exact) mass is 506 g/mol. The Balaban J connectivity index is 1.96. The fraction of sp³-hybridized carbons (Fsp3) is 0.222. The number of H-pyrrole nitrogens is 1. The SMILES string of the molecule is NCCNC(=O)c1cc(-c2ccc3c(c2-c2nn[nH]n2)S(=O)(=O)N=S3(=O)NCCN)ccc1N. The highest BCUT2D eigenvalue weighted by Gasteiger charge is 2.39. The molecule has 1 atom stereocenters. The molecule has 2 aromatic carbocycles. The number of tetrazole rings is 1. The first-order valence-corrected chi connectivity index (χ1v) is 12.9. The van der Waals surface area contributed by atoms with Gasteiger partial charge in [0, 0.05) is 31.9 Å². The average molecular weight is 507 g/mol. The van der Waals surface area contributed by atoms with Crippen LogP contribution in [-0.2, 0) is 19.9 Å². The molecule has 1 amide bonds. The second-order valence-electron chi connectivity index (χ2n) is 7.16. The number of benzene rings is 2. The lowest BCUT2D eigenvalue weighted by atomic mass is 9.96. The number of sulfonamides is 1. The zero-order chi connectivity index (χ0) is 24.5. The van der Waals surface area contributed by atoms with Crippen LogP contribution in [0, 0.1) is 0 Å². The summed E-state index contributed by atoms with van der Waals surface area (Å²) in [6.07, 6.45) is 0. The number of amides is 1. The van der Waals surface area contributed by atoms with Gasteiger partial charge in [0.1, 0.15) is 4.90 Å². The molecule has 2 heterocycles. The standard InChI is InChI=1S/C18H22N10O4S2/c19-5-7-22-18(29)12-9-10(1-3-13(12)21)11-2-4-14-16(15(11)17-24-26-27-25-17)34(31,32)28-33(14,30)23-8-6-20/h1-4,9H,5-8,19-21H2,(H,22,29)(H,23,28,30)(H,24,25,26,27). The van der Waals surface area contributed by atoms with E-state index in [0.29, 0.717) is 11.1 Å². The van der Waals surface area contributed by atoms with E-state index in [-0.39, 0.29) is 58.6 Å². The van der Waals surface area contributed by atoms with E-state index in [9.17, 15) is 17.4 Å². The van der Waals surface area contributed by atoms with Gasteiger partial charge in [-0.15, -0.1) is 10.2 Å². The van der Waals surface area contributed by atoms with Gasteiger partial charge in [-0.25, -0.2) is 8.93 Å². The van der Waals surface area contributed by atoms with Crippen LogP contribution in [0.1, 0.15) is 10.4 Å². The van der Waals surface area contributed by atoms with Crippen molar-refractivity contribution in [2.24, 2.45) is 15.2 Å². The Morgan fingerprint density at radius 3 is 2.50 bits per heavy atom. The van der Waals surface area contributed by atoms with Crippen molar-refractivity contribution in [1.82, 2.24) is 30.7 Å². The lowest BCUT2D eigenvalue weighted by molar-refractivity contribution is 0.0955. The smallest absolute Gasteiger partial charge is 0.293 e. The molecule has 0 aliphatic carbocycles. The molecule has 0 fully saturated rings. The minimum atomic E-state index is -4.37. The predicted molar refractivity (Wildman–Crippen MR) is 124 cm³/mol. The summed E-state index contributed by atoms with van der Waals surface area (Å²) >= 11 is 0. The van der Waals surface area contributed by atoms with Crippen molar-refractivity contribution < 1.29 is 17.4 Å². The fourth-order valence-electron chi connectivity index (χ4n) is 3.49. The maximum atomic E-state index is 13.4. The van der Waals surface area contributed by atoms with Crippen LogP contribution in [0.4, 0.5) is 5.69 Å². The molecule has 14 nitrogen and oxygen atoms in total. The van der Waals surface area contributed by atoms with E-state index in [0.717, 1.165) is 0 Å². The van der Waals surface area contributed by atoms with Gasteiger partial charge in [0.2, 0.25) is 5.82 Å². The summed E-state index contributed by atoms with van der Waals surface area (Å²) in [4.78, 5) is 12.2. The third-order valence-corrected chi connectivity index (χ3v) is 9.16. The second kappa shape index (κ2) is 9.07. The molecule has 0 radical (unpaired) electrons. The van der Waals surface area contributed by atoms with Gasteiger partial charge >= 0.3 is 0 Å². The molecule has 9 N–H and O–H groups in total. The molecule has 4 rings (SSSR count). The Morgan fingerprint density at radius 1 is 1.06 bits per heavy atom. The molecule has 1 unspecified atom stereocenters. The van der Waals surface area contributed by atoms with Crippen molar-refractivity contribution in [2.75, 3.05) is 31.9 Å². The molecule has 180 valence electrons. The van der Waals surface area contributed by atoms with Crippen molar-refractivity contribution in [1.29, 1.82) is 0 Å². The summed E-state index contributed by atoms with van der Waals surface area (Å²) in [5.74, 6) is -0.497. The number of hydrogen-bond acceptors (Lipinski definition) is 10. The number of hydrogen-bond donors (Lipinski definition) is 6. The highest BCUT2D eigenvalue weighted by Crippen LogP contribution is 2.43. The van der Waals surface area contributed by atoms with Crippen LogP contribution in [0.2, 0.25) is 0 Å². The van der Waals surface area contributed by atoms with Crippen molar-refractivity contribution >= 4 is 31.5 Å². The van der Waals surface area contributed by atoms with E-state index in [1.165, 1.54) is 18.2 Å². The van der Waals surface area contributed by atoms with E-state index < -0.39 is 25.8 Å². The third-order valence-electron chi connectivity index (χ3n) is 4.93. The largest absolute Gasteiger partial charge is 0.398 e. The molecule has 0 spiro atoms. The first-order valence-electron chi connectivity index (χ1n) is 9.99. The van der Waals surface area contributed by atoms with Gasteiger partial charge in [-0.1, -0.05) is 15.9 Å². The van der Waals surface area contributed by atoms with Crippen LogP contribution in [-0.4, -0.2) is 65.3 Å². The Bertz CT molecular complexity index is 1480. The quantitative estimate of drug-likeness (QED) is 0.199. The molecule has 34 heavy (non-hydrogen) atoms. The number of aromatic nitrogens is 4. The number of carbonyl (C=O) groups is 1. The maximum Gasteiger partial charge on any atom is 0.293 e. The van der Waals surface area contributed by atoms with Gasteiger partial charge < -0.3 is 22.5 Å². The fourth-order valence-corrected chi connectivity index (χ4v) is 8.01. The van der Waals surface area contributed by atoms with Crippen LogP contribution in [0.25, 0.3) is 22.5 Å². The molecule has 0 saturated carbocycles. The van der Waals surface area contributed by atoms with Crippen LogP contribution in [0.15, 0.2) is 43.9 Å². The van der Waals surface area contributed by atoms with Crippen LogP contribution in [0.5, 0.6) is 0 Å². The topological polar surface area (TPSA) is 237 Å². The minimum absolute atomic E-state index is 0.0351. The van der Waals surface area contributed by atoms with E-state index in [1.807, 2.05) is 0 Å². The number of anilines is 1. The number of nitrogens with one attached hydrogen (secondary N) is 3. The molecule has 16 heteroatoms. The Morgan fingerprint density at radius 2 is 1.82 bits per heavy atom. The van der Waals surface area contributed by atoms with Crippen molar-refractivity contribution in [3.63, 3.8) is 0 Å². The van der Waals surface area contributed by atoms with Crippen LogP contribution < -0.4 is 27.2 Å². The van der Waals surface area contributed by atoms with Gasteiger partial charge in [0.05, 0.1) is 16.0 Å². The first kappa shape index (κ1) is 23.7. The lowest BCUT2D eigenvalue weighted by Gasteiger charge is -2.14. The summed E-state index contributed by atoms with van der Waals surface area (Å²) in [5.41, 5.74) is 18.1. The van der Waals surface area contributed by atoms with Gasteiger partial charge in [-0.05, 0) is 34.5 Å². The van der Waals surface area contributed by atoms with E-state index in [1.54, 1.807) is 12.1 Å². The van der Waals surface area contributed by atoms with Gasteiger partial charge in [0.25, 0.3) is 15.9 Å². The number of nitrogens with two attached hydrogens (primary N) is 3. The molecule has 1 aliphatic heterocycles. The summed E-state index contributed by atoms with van der Waals surface area (Å²) in [5, 5.41) is 16.3. The molecular formula is C18H22N10O4S2. The number of rotatable bonds is 8. The zero-order valence-electron chi connectivity index (χ0n) is 17.7. The zero-order valence-corrected chi connectivity index (χ0v) is 19.3. The molecule has 0 bridgehead atoms. The van der Waals surface area contributed by atoms with Gasteiger partial charge in [-0.2, -0.15) is 13.6 Å². The second-order valence-corrected chi connectivity index (χ2v) is 10.9. The van der Waals surface area contributed by atoms with E-state index in [2.05, 4.69) is 34.4 Å². The Hall–Kier alpha value is -3.44. The number of carbonyl (C=O) groups excluding carboxylic acids is 1. The lowest BCUT2D eigenvalue weighted by Crippen LogP contribution is -2.29. The molecule has 3 aromatic rings. The predicted octanol–water partition coefficient (Wildman–Crippen LogP) is -1.20. The average Bonchev–Trinajstić information content (AvgIpc) is 3.41. The van der Waals surface area contributed by atoms with Gasteiger partial charge in [-0.3, -0.25) is 4.79 Å². The molecule has 1 aromatic heterocycles. The molecule has 0 saturated heterocycles. The minimum Gasteiger partial charge on any atom is -0.398 e. The number of nitrogens with zero attached hydrogens (tertiary/aromatic N) is 4. The molecular weight excluding hydrogens is 484 g/mol. The van der Waals surface area contributed by atoms with Crippen molar-refractivity contribution in [3.05, 3.63) is 35.9 Å². The van der Waals surface area contributed by atoms with E-state index in [4.69, 9.17) is 17.2 Å². The number of nitrogen functional groups attached to an aromatic ring is 1. The van der Waals surface area contributed by atoms with E-state index >= 15 is 0 Å². The highest BCUT2D eigenvalue weighted by atomic mass is 32.3. The van der Waals surface area contributed by atoms with Gasteiger partial charge in [0.15, 0.2) is 9.92 Å². The highest BCUT2D eigenvalue weighted by molar-refractivity contribution is 8.05. The normalized spacial score (nSPS) is 18.3. The first-order chi connectivity index (χ1) is 16.2. The maximum absolute atomic E-state index is 13.4. The van der Waals surface area contributed by atoms with Crippen LogP contribution >= 0.6 is 0 Å². The summed E-state index contributed by atoms with van der Waals surface area (Å²) in [6, 6.07) is 7.60. The summed E-state index contributed by atoms with van der Waals surface area (Å²) in [7, 11) is -7.88. The summed E-state index contributed by atoms with van der Waals surface area (Å²) < 4.78 is 45.8. The van der Waals surface area contributed by atoms with Crippen molar-refractivity contribution in [3.8, 4) is 22.5 Å². The third kappa shape index (κ3) is 4.12. The summed E-state index contributed by atoms with van der Waals surface area (Å²) in [6.45, 7) is 0.699. The number of aromatic amines is 1. The Kier molecular flexibility index (Phi) is 6.32. The Labute approximate surface area is 195 Å². The number of fused-ring (bicyclic) bond motifs is 1. The van der Waals surface area contributed by atoms with Crippen molar-refractivity contribution in [2.45, 2.75) is 9.79 Å². The molecule has 1 aliphatic rings.